The second-order valence-electron chi connectivity index (χ2n) is 4.27. The number of H-pyrrole nitrogens is 1. The average molecular weight is 246 g/mol. The van der Waals surface area contributed by atoms with Crippen LogP contribution < -0.4 is 0 Å². The summed E-state index contributed by atoms with van der Waals surface area (Å²) in [5.74, 6) is 1.44. The number of nitrogens with one attached hydrogen (secondary N) is 1. The van der Waals surface area contributed by atoms with E-state index < -0.39 is 10.0 Å². The van der Waals surface area contributed by atoms with Crippen molar-refractivity contribution in [3.8, 4) is 0 Å². The molecule has 1 N–H and O–H groups in total. The molecule has 7 heteroatoms. The van der Waals surface area contributed by atoms with Crippen molar-refractivity contribution in [3.05, 3.63) is 11.6 Å². The van der Waals surface area contributed by atoms with Crippen molar-refractivity contribution in [2.45, 2.75) is 27.3 Å². The molecule has 0 aliphatic carbocycles. The molecule has 1 aromatic rings. The molecule has 92 valence electrons. The molecule has 1 rings (SSSR count). The van der Waals surface area contributed by atoms with E-state index in [9.17, 15) is 8.42 Å². The van der Waals surface area contributed by atoms with Crippen LogP contribution in [0.25, 0.3) is 0 Å². The van der Waals surface area contributed by atoms with Gasteiger partial charge in [-0.15, -0.1) is 0 Å². The van der Waals surface area contributed by atoms with Crippen molar-refractivity contribution >= 4 is 10.0 Å². The van der Waals surface area contributed by atoms with Crippen molar-refractivity contribution in [3.63, 3.8) is 0 Å². The zero-order chi connectivity index (χ0) is 12.3. The first-order valence-corrected chi connectivity index (χ1v) is 6.74. The first kappa shape index (κ1) is 13.1. The fourth-order valence-corrected chi connectivity index (χ4v) is 2.71. The number of aryl methyl sites for hydroxylation is 1. The Labute approximate surface area is 96.1 Å². The summed E-state index contributed by atoms with van der Waals surface area (Å²) in [6.45, 7) is 5.74. The molecule has 1 heterocycles. The van der Waals surface area contributed by atoms with Gasteiger partial charge in [0.2, 0.25) is 10.0 Å². The summed E-state index contributed by atoms with van der Waals surface area (Å²) >= 11 is 0. The summed E-state index contributed by atoms with van der Waals surface area (Å²) in [4.78, 5) is 4.07. The van der Waals surface area contributed by atoms with Crippen LogP contribution in [0.2, 0.25) is 0 Å². The topological polar surface area (TPSA) is 79.0 Å². The fourth-order valence-electron chi connectivity index (χ4n) is 1.31. The third-order valence-electron chi connectivity index (χ3n) is 2.03. The second-order valence-corrected chi connectivity index (χ2v) is 6.39. The van der Waals surface area contributed by atoms with Crippen LogP contribution in [-0.4, -0.2) is 40.7 Å². The van der Waals surface area contributed by atoms with E-state index in [2.05, 4.69) is 15.2 Å². The lowest BCUT2D eigenvalue weighted by molar-refractivity contribution is 0.451. The molecule has 0 spiro atoms. The number of hydrogen-bond acceptors (Lipinski definition) is 4. The highest BCUT2D eigenvalue weighted by Crippen LogP contribution is 2.07. The molecule has 0 aromatic carbocycles. The number of rotatable bonds is 5. The maximum atomic E-state index is 11.8. The summed E-state index contributed by atoms with van der Waals surface area (Å²) in [7, 11) is -1.66. The maximum absolute atomic E-state index is 11.8. The van der Waals surface area contributed by atoms with Crippen molar-refractivity contribution in [1.29, 1.82) is 0 Å². The minimum absolute atomic E-state index is 0.112. The number of aromatic nitrogens is 3. The van der Waals surface area contributed by atoms with Gasteiger partial charge in [0.25, 0.3) is 0 Å². The lowest BCUT2D eigenvalue weighted by atomic mass is 10.3. The predicted molar refractivity (Wildman–Crippen MR) is 61.2 cm³/mol. The summed E-state index contributed by atoms with van der Waals surface area (Å²) < 4.78 is 24.9. The summed E-state index contributed by atoms with van der Waals surface area (Å²) in [5, 5.41) is 6.59. The monoisotopic (exact) mass is 246 g/mol. The molecule has 0 saturated carbocycles. The molecule has 0 saturated heterocycles. The van der Waals surface area contributed by atoms with Crippen LogP contribution in [0, 0.1) is 12.8 Å². The lowest BCUT2D eigenvalue weighted by Gasteiger charge is -2.16. The molecule has 1 aromatic heterocycles. The van der Waals surface area contributed by atoms with Crippen LogP contribution in [-0.2, 0) is 16.6 Å². The Morgan fingerprint density at radius 3 is 2.50 bits per heavy atom. The Morgan fingerprint density at radius 2 is 2.06 bits per heavy atom. The molecule has 0 fully saturated rings. The van der Waals surface area contributed by atoms with Gasteiger partial charge in [-0.05, 0) is 12.8 Å². The van der Waals surface area contributed by atoms with Gasteiger partial charge in [-0.25, -0.2) is 13.4 Å². The third-order valence-corrected chi connectivity index (χ3v) is 4.19. The summed E-state index contributed by atoms with van der Waals surface area (Å²) in [6.07, 6.45) is 0. The van der Waals surface area contributed by atoms with Gasteiger partial charge in [0, 0.05) is 7.05 Å². The SMILES string of the molecule is Cc1nc(CN(C)S(=O)(=O)CC(C)C)n[nH]1. The van der Waals surface area contributed by atoms with E-state index >= 15 is 0 Å². The first-order chi connectivity index (χ1) is 7.31. The van der Waals surface area contributed by atoms with E-state index in [1.54, 1.807) is 14.0 Å². The Morgan fingerprint density at radius 1 is 1.44 bits per heavy atom. The van der Waals surface area contributed by atoms with Crippen LogP contribution in [0.1, 0.15) is 25.5 Å². The normalized spacial score (nSPS) is 12.6. The quantitative estimate of drug-likeness (QED) is 0.822. The number of nitrogens with zero attached hydrogens (tertiary/aromatic N) is 3. The molecule has 0 bridgehead atoms. The molecule has 0 unspecified atom stereocenters. The van der Waals surface area contributed by atoms with Gasteiger partial charge in [0.1, 0.15) is 5.82 Å². The Hall–Kier alpha value is -0.950. The summed E-state index contributed by atoms with van der Waals surface area (Å²) in [5.41, 5.74) is 0. The van der Waals surface area contributed by atoms with Gasteiger partial charge in [-0.2, -0.15) is 9.40 Å². The zero-order valence-electron chi connectivity index (χ0n) is 10.1. The van der Waals surface area contributed by atoms with Crippen molar-refractivity contribution in [2.24, 2.45) is 5.92 Å². The number of hydrogen-bond donors (Lipinski definition) is 1. The van der Waals surface area contributed by atoms with Crippen molar-refractivity contribution in [1.82, 2.24) is 19.5 Å². The van der Waals surface area contributed by atoms with Gasteiger partial charge >= 0.3 is 0 Å². The highest BCUT2D eigenvalue weighted by atomic mass is 32.2. The highest BCUT2D eigenvalue weighted by molar-refractivity contribution is 7.89. The molecule has 0 atom stereocenters. The van der Waals surface area contributed by atoms with Crippen molar-refractivity contribution < 1.29 is 8.42 Å². The Kier molecular flexibility index (Phi) is 4.03. The fraction of sp³-hybridized carbons (Fsp3) is 0.778. The largest absolute Gasteiger partial charge is 0.263 e. The maximum Gasteiger partial charge on any atom is 0.214 e. The zero-order valence-corrected chi connectivity index (χ0v) is 10.9. The van der Waals surface area contributed by atoms with Crippen LogP contribution in [0.5, 0.6) is 0 Å². The Balaban J connectivity index is 2.68. The van der Waals surface area contributed by atoms with Gasteiger partial charge in [-0.1, -0.05) is 13.8 Å². The smallest absolute Gasteiger partial charge is 0.214 e. The van der Waals surface area contributed by atoms with Gasteiger partial charge in [0.05, 0.1) is 12.3 Å². The molecular formula is C9H18N4O2S. The van der Waals surface area contributed by atoms with E-state index in [1.807, 2.05) is 13.8 Å². The molecule has 16 heavy (non-hydrogen) atoms. The van der Waals surface area contributed by atoms with Crippen molar-refractivity contribution in [2.75, 3.05) is 12.8 Å². The molecule has 6 nitrogen and oxygen atoms in total. The predicted octanol–water partition coefficient (Wildman–Crippen LogP) is 0.531. The van der Waals surface area contributed by atoms with E-state index in [0.29, 0.717) is 11.6 Å². The van der Waals surface area contributed by atoms with Gasteiger partial charge in [0.15, 0.2) is 5.82 Å². The minimum Gasteiger partial charge on any atom is -0.263 e. The van der Waals surface area contributed by atoms with Crippen LogP contribution in [0.3, 0.4) is 0 Å². The average Bonchev–Trinajstić information content (AvgIpc) is 2.48. The summed E-state index contributed by atoms with van der Waals surface area (Å²) in [6, 6.07) is 0. The van der Waals surface area contributed by atoms with E-state index in [1.165, 1.54) is 4.31 Å². The molecule has 0 aliphatic heterocycles. The molecule has 0 aliphatic rings. The van der Waals surface area contributed by atoms with Gasteiger partial charge in [-0.3, -0.25) is 5.10 Å². The third kappa shape index (κ3) is 3.57. The van der Waals surface area contributed by atoms with Crippen LogP contribution in [0.4, 0.5) is 0 Å². The molecule has 0 radical (unpaired) electrons. The van der Waals surface area contributed by atoms with E-state index in [4.69, 9.17) is 0 Å². The standard InChI is InChI=1S/C9H18N4O2S/c1-7(2)6-16(14,15)13(4)5-9-10-8(3)11-12-9/h7H,5-6H2,1-4H3,(H,10,11,12). The van der Waals surface area contributed by atoms with Gasteiger partial charge < -0.3 is 0 Å². The molecule has 0 amide bonds. The number of aromatic amines is 1. The minimum atomic E-state index is -3.21. The highest BCUT2D eigenvalue weighted by Gasteiger charge is 2.20. The van der Waals surface area contributed by atoms with Crippen LogP contribution >= 0.6 is 0 Å². The lowest BCUT2D eigenvalue weighted by Crippen LogP contribution is -2.31. The first-order valence-electron chi connectivity index (χ1n) is 5.13. The Bertz CT molecular complexity index is 438. The van der Waals surface area contributed by atoms with E-state index in [0.717, 1.165) is 0 Å². The molecular weight excluding hydrogens is 228 g/mol. The number of sulfonamides is 1. The second kappa shape index (κ2) is 4.92. The van der Waals surface area contributed by atoms with Crippen LogP contribution in [0.15, 0.2) is 0 Å². The van der Waals surface area contributed by atoms with E-state index in [-0.39, 0.29) is 18.2 Å².